The molecule has 2 aromatic carbocycles. The van der Waals surface area contributed by atoms with Gasteiger partial charge in [0.05, 0.1) is 0 Å². The summed E-state index contributed by atoms with van der Waals surface area (Å²) in [6, 6.07) is 15.2. The number of aliphatic hydroxyl groups excluding tert-OH is 1. The van der Waals surface area contributed by atoms with Crippen LogP contribution in [-0.4, -0.2) is 66.1 Å². The van der Waals surface area contributed by atoms with Crippen LogP contribution in [0.3, 0.4) is 0 Å². The monoisotopic (exact) mass is 450 g/mol. The van der Waals surface area contributed by atoms with Crippen LogP contribution in [0.5, 0.6) is 0 Å². The molecule has 2 aliphatic heterocycles. The Kier molecular flexibility index (Phi) is 7.15. The molecule has 2 amide bonds. The number of carbonyl (C=O) groups excluding carboxylic acids is 1. The number of benzene rings is 2. The fraction of sp³-hybridized carbons (Fsp3) is 0.440. The van der Waals surface area contributed by atoms with Crippen molar-refractivity contribution in [1.29, 1.82) is 5.41 Å². The minimum atomic E-state index is -0.0393. The molecule has 0 radical (unpaired) electrons. The Hall–Kier alpha value is -3.10. The molecule has 0 spiro atoms. The van der Waals surface area contributed by atoms with Crippen molar-refractivity contribution in [3.8, 4) is 0 Å². The van der Waals surface area contributed by atoms with Crippen molar-refractivity contribution in [3.05, 3.63) is 59.7 Å². The van der Waals surface area contributed by atoms with E-state index in [0.29, 0.717) is 36.8 Å². The summed E-state index contributed by atoms with van der Waals surface area (Å²) in [7, 11) is 0. The number of nitrogens with one attached hydrogen (secondary N) is 1. The number of hydrogen-bond acceptors (Lipinski definition) is 5. The van der Waals surface area contributed by atoms with E-state index in [9.17, 15) is 9.90 Å². The van der Waals surface area contributed by atoms with E-state index in [2.05, 4.69) is 11.0 Å². The quantitative estimate of drug-likeness (QED) is 0.293. The van der Waals surface area contributed by atoms with Gasteiger partial charge in [-0.1, -0.05) is 24.3 Å². The van der Waals surface area contributed by atoms with E-state index in [4.69, 9.17) is 16.9 Å². The van der Waals surface area contributed by atoms with Crippen molar-refractivity contribution in [2.24, 2.45) is 17.6 Å². The summed E-state index contributed by atoms with van der Waals surface area (Å²) in [4.78, 5) is 19.4. The second kappa shape index (κ2) is 10.2. The molecule has 4 rings (SSSR count). The van der Waals surface area contributed by atoms with Crippen molar-refractivity contribution < 1.29 is 9.90 Å². The minimum absolute atomic E-state index is 0.00712. The Bertz CT molecular complexity index is 988. The molecule has 6 N–H and O–H groups in total. The fourth-order valence-corrected chi connectivity index (χ4v) is 4.87. The Balaban J connectivity index is 1.37. The Morgan fingerprint density at radius 1 is 1.06 bits per heavy atom. The first-order chi connectivity index (χ1) is 15.9. The summed E-state index contributed by atoms with van der Waals surface area (Å²) < 4.78 is 0. The van der Waals surface area contributed by atoms with Gasteiger partial charge < -0.3 is 21.5 Å². The molecular weight excluding hydrogens is 416 g/mol. The Morgan fingerprint density at radius 3 is 2.52 bits per heavy atom. The molecule has 8 heteroatoms. The highest BCUT2D eigenvalue weighted by Gasteiger charge is 2.34. The molecule has 2 aromatic rings. The summed E-state index contributed by atoms with van der Waals surface area (Å²) >= 11 is 0. The lowest BCUT2D eigenvalue weighted by Crippen LogP contribution is -2.56. The maximum absolute atomic E-state index is 13.3. The first-order valence-electron chi connectivity index (χ1n) is 11.6. The average Bonchev–Trinajstić information content (AvgIpc) is 2.81. The third-order valence-corrected chi connectivity index (χ3v) is 6.69. The lowest BCUT2D eigenvalue weighted by atomic mass is 9.94. The molecule has 0 bridgehead atoms. The highest BCUT2D eigenvalue weighted by Crippen LogP contribution is 2.27. The van der Waals surface area contributed by atoms with Gasteiger partial charge in [0.15, 0.2) is 0 Å². The molecule has 1 atom stereocenters. The van der Waals surface area contributed by atoms with Crippen molar-refractivity contribution in [1.82, 2.24) is 9.80 Å². The summed E-state index contributed by atoms with van der Waals surface area (Å²) in [5.74, 6) is 0.406. The van der Waals surface area contributed by atoms with E-state index in [1.807, 2.05) is 35.2 Å². The van der Waals surface area contributed by atoms with Crippen LogP contribution in [0.4, 0.5) is 16.2 Å². The molecule has 1 unspecified atom stereocenters. The second-order valence-electron chi connectivity index (χ2n) is 9.28. The summed E-state index contributed by atoms with van der Waals surface area (Å²) in [5, 5.41) is 17.6. The number of hydrogen-bond donors (Lipinski definition) is 4. The van der Waals surface area contributed by atoms with Gasteiger partial charge in [-0.15, -0.1) is 0 Å². The highest BCUT2D eigenvalue weighted by atomic mass is 16.3. The SMILES string of the molecule is N=C(N)c1cccc(N2CC(CO)CN(CC3CCN(Cc4cccc(N)c4)CC3)C2=O)c1. The number of urea groups is 1. The molecule has 176 valence electrons. The number of nitrogens with two attached hydrogens (primary N) is 2. The van der Waals surface area contributed by atoms with Gasteiger partial charge in [0.1, 0.15) is 5.84 Å². The average molecular weight is 451 g/mol. The number of amidine groups is 1. The lowest BCUT2D eigenvalue weighted by Gasteiger charge is -2.42. The van der Waals surface area contributed by atoms with Crippen molar-refractivity contribution in [2.45, 2.75) is 19.4 Å². The molecule has 2 saturated heterocycles. The van der Waals surface area contributed by atoms with Gasteiger partial charge in [0, 0.05) is 55.6 Å². The first kappa shape index (κ1) is 23.1. The molecule has 8 nitrogen and oxygen atoms in total. The standard InChI is InChI=1S/C25H34N6O2/c26-22-5-1-3-19(11-22)13-29-9-7-18(8-10-29)14-30-15-20(17-32)16-31(25(30)33)23-6-2-4-21(12-23)24(27)28/h1-6,11-12,18,20,32H,7-10,13-17,26H2,(H3,27,28). The number of nitrogens with zero attached hydrogens (tertiary/aromatic N) is 3. The summed E-state index contributed by atoms with van der Waals surface area (Å²) in [6.07, 6.45) is 2.07. The third kappa shape index (κ3) is 5.64. The van der Waals surface area contributed by atoms with Crippen LogP contribution >= 0.6 is 0 Å². The molecular formula is C25H34N6O2. The van der Waals surface area contributed by atoms with Crippen LogP contribution in [-0.2, 0) is 6.54 Å². The van der Waals surface area contributed by atoms with Gasteiger partial charge in [-0.05, 0) is 61.7 Å². The topological polar surface area (TPSA) is 123 Å². The van der Waals surface area contributed by atoms with Crippen LogP contribution in [0, 0.1) is 17.2 Å². The van der Waals surface area contributed by atoms with E-state index in [0.717, 1.165) is 38.2 Å². The van der Waals surface area contributed by atoms with Gasteiger partial charge in [-0.2, -0.15) is 0 Å². The van der Waals surface area contributed by atoms with Gasteiger partial charge in [0.25, 0.3) is 0 Å². The number of likely N-dealkylation sites (tertiary alicyclic amines) is 1. The molecule has 0 aromatic heterocycles. The predicted octanol–water partition coefficient (Wildman–Crippen LogP) is 2.32. The molecule has 33 heavy (non-hydrogen) atoms. The number of rotatable bonds is 7. The van der Waals surface area contributed by atoms with Gasteiger partial charge in [0.2, 0.25) is 0 Å². The maximum Gasteiger partial charge on any atom is 0.324 e. The van der Waals surface area contributed by atoms with Crippen LogP contribution in [0.2, 0.25) is 0 Å². The second-order valence-corrected chi connectivity index (χ2v) is 9.28. The van der Waals surface area contributed by atoms with E-state index in [-0.39, 0.29) is 24.4 Å². The Labute approximate surface area is 195 Å². The van der Waals surface area contributed by atoms with Crippen LogP contribution in [0.1, 0.15) is 24.0 Å². The minimum Gasteiger partial charge on any atom is -0.399 e. The zero-order chi connectivity index (χ0) is 23.4. The van der Waals surface area contributed by atoms with E-state index < -0.39 is 0 Å². The molecule has 2 heterocycles. The van der Waals surface area contributed by atoms with Gasteiger partial charge >= 0.3 is 6.03 Å². The van der Waals surface area contributed by atoms with E-state index in [1.165, 1.54) is 5.56 Å². The van der Waals surface area contributed by atoms with Crippen LogP contribution in [0.15, 0.2) is 48.5 Å². The van der Waals surface area contributed by atoms with Gasteiger partial charge in [-0.25, -0.2) is 4.79 Å². The van der Waals surface area contributed by atoms with E-state index in [1.54, 1.807) is 17.0 Å². The summed E-state index contributed by atoms with van der Waals surface area (Å²) in [6.45, 7) is 4.65. The normalized spacial score (nSPS) is 20.3. The Morgan fingerprint density at radius 2 is 1.82 bits per heavy atom. The molecule has 0 aliphatic carbocycles. The number of aliphatic hydroxyl groups is 1. The number of nitrogen functional groups attached to an aromatic ring is 2. The third-order valence-electron chi connectivity index (χ3n) is 6.69. The van der Waals surface area contributed by atoms with Crippen molar-refractivity contribution >= 4 is 23.2 Å². The zero-order valence-corrected chi connectivity index (χ0v) is 19.0. The lowest BCUT2D eigenvalue weighted by molar-refractivity contribution is 0.115. The fourth-order valence-electron chi connectivity index (χ4n) is 4.87. The summed E-state index contributed by atoms with van der Waals surface area (Å²) in [5.41, 5.74) is 14.9. The van der Waals surface area contributed by atoms with Crippen molar-refractivity contribution in [2.75, 3.05) is 50.0 Å². The largest absolute Gasteiger partial charge is 0.399 e. The molecule has 0 saturated carbocycles. The number of carbonyl (C=O) groups is 1. The highest BCUT2D eigenvalue weighted by molar-refractivity contribution is 5.98. The van der Waals surface area contributed by atoms with Crippen LogP contribution in [0.25, 0.3) is 0 Å². The molecule has 2 aliphatic rings. The maximum atomic E-state index is 13.3. The number of anilines is 2. The number of amides is 2. The molecule has 2 fully saturated rings. The zero-order valence-electron chi connectivity index (χ0n) is 19.0. The number of piperidine rings is 1. The predicted molar refractivity (Wildman–Crippen MR) is 131 cm³/mol. The van der Waals surface area contributed by atoms with E-state index >= 15 is 0 Å². The van der Waals surface area contributed by atoms with Crippen molar-refractivity contribution in [3.63, 3.8) is 0 Å². The first-order valence-corrected chi connectivity index (χ1v) is 11.6. The van der Waals surface area contributed by atoms with Crippen LogP contribution < -0.4 is 16.4 Å². The van der Waals surface area contributed by atoms with Gasteiger partial charge in [-0.3, -0.25) is 15.2 Å². The smallest absolute Gasteiger partial charge is 0.324 e.